The van der Waals surface area contributed by atoms with Crippen LogP contribution in [-0.4, -0.2) is 25.6 Å². The van der Waals surface area contributed by atoms with E-state index >= 15 is 0 Å². The van der Waals surface area contributed by atoms with E-state index in [1.807, 2.05) is 24.3 Å². The maximum atomic E-state index is 11.9. The Morgan fingerprint density at radius 3 is 2.48 bits per heavy atom. The molecule has 0 aliphatic rings. The van der Waals surface area contributed by atoms with Crippen molar-refractivity contribution >= 4 is 56.1 Å². The minimum Gasteiger partial charge on any atom is -0.483 e. The Kier molecular flexibility index (Phi) is 6.40. The second-order valence-electron chi connectivity index (χ2n) is 4.48. The number of amides is 1. The Bertz CT molecular complexity index is 719. The summed E-state index contributed by atoms with van der Waals surface area (Å²) in [4.78, 5) is 23.3. The van der Waals surface area contributed by atoms with Gasteiger partial charge in [0.2, 0.25) is 0 Å². The number of halogens is 2. The fourth-order valence-corrected chi connectivity index (χ4v) is 2.59. The molecule has 120 valence electrons. The smallest absolute Gasteiger partial charge is 0.337 e. The molecule has 0 aromatic heterocycles. The average molecular weight is 490 g/mol. The van der Waals surface area contributed by atoms with Gasteiger partial charge in [-0.25, -0.2) is 4.79 Å². The number of methoxy groups -OCH3 is 1. The Labute approximate surface area is 155 Å². The van der Waals surface area contributed by atoms with Crippen molar-refractivity contribution in [2.75, 3.05) is 19.0 Å². The molecule has 0 unspecified atom stereocenters. The molecule has 2 aromatic rings. The lowest BCUT2D eigenvalue weighted by Crippen LogP contribution is -2.20. The van der Waals surface area contributed by atoms with Crippen LogP contribution in [0.25, 0.3) is 0 Å². The summed E-state index contributed by atoms with van der Waals surface area (Å²) >= 11 is 5.50. The van der Waals surface area contributed by atoms with Gasteiger partial charge in [0, 0.05) is 9.26 Å². The molecule has 2 rings (SSSR count). The van der Waals surface area contributed by atoms with Gasteiger partial charge in [-0.1, -0.05) is 0 Å². The summed E-state index contributed by atoms with van der Waals surface area (Å²) in [7, 11) is 1.32. The van der Waals surface area contributed by atoms with Gasteiger partial charge in [-0.05, 0) is 81.0 Å². The third-order valence-electron chi connectivity index (χ3n) is 2.84. The molecule has 5 nitrogen and oxygen atoms in total. The summed E-state index contributed by atoms with van der Waals surface area (Å²) in [5.74, 6) is -0.237. The van der Waals surface area contributed by atoms with Crippen molar-refractivity contribution in [1.82, 2.24) is 0 Å². The first-order valence-electron chi connectivity index (χ1n) is 6.55. The van der Waals surface area contributed by atoms with E-state index < -0.39 is 5.97 Å². The second-order valence-corrected chi connectivity index (χ2v) is 6.58. The molecule has 0 saturated heterocycles. The highest BCUT2D eigenvalue weighted by molar-refractivity contribution is 14.1. The zero-order chi connectivity index (χ0) is 16.8. The molecule has 1 amide bonds. The van der Waals surface area contributed by atoms with Crippen LogP contribution >= 0.6 is 38.5 Å². The zero-order valence-electron chi connectivity index (χ0n) is 12.1. The highest BCUT2D eigenvalue weighted by atomic mass is 127. The molecular weight excluding hydrogens is 477 g/mol. The summed E-state index contributed by atoms with van der Waals surface area (Å²) in [5.41, 5.74) is 1.11. The van der Waals surface area contributed by atoms with Gasteiger partial charge in [-0.3, -0.25) is 4.79 Å². The van der Waals surface area contributed by atoms with Gasteiger partial charge in [0.05, 0.1) is 17.1 Å². The first-order chi connectivity index (χ1) is 11.0. The van der Waals surface area contributed by atoms with Crippen LogP contribution in [0.4, 0.5) is 5.69 Å². The summed E-state index contributed by atoms with van der Waals surface area (Å²) in [5, 5.41) is 2.74. The predicted molar refractivity (Wildman–Crippen MR) is 98.8 cm³/mol. The monoisotopic (exact) mass is 489 g/mol. The SMILES string of the molecule is COC(=O)c1ccc(OCC(=O)Nc2ccc(I)cc2)c(Br)c1. The number of carbonyl (C=O) groups is 2. The topological polar surface area (TPSA) is 64.6 Å². The van der Waals surface area contributed by atoms with Crippen LogP contribution in [0.3, 0.4) is 0 Å². The van der Waals surface area contributed by atoms with Crippen LogP contribution in [0.1, 0.15) is 10.4 Å². The lowest BCUT2D eigenvalue weighted by Gasteiger charge is -2.10. The van der Waals surface area contributed by atoms with Crippen LogP contribution in [-0.2, 0) is 9.53 Å². The summed E-state index contributed by atoms with van der Waals surface area (Å²) < 4.78 is 11.8. The van der Waals surface area contributed by atoms with Crippen LogP contribution < -0.4 is 10.1 Å². The highest BCUT2D eigenvalue weighted by Gasteiger charge is 2.10. The maximum absolute atomic E-state index is 11.9. The van der Waals surface area contributed by atoms with E-state index in [9.17, 15) is 9.59 Å². The fourth-order valence-electron chi connectivity index (χ4n) is 1.74. The first kappa shape index (κ1) is 17.7. The van der Waals surface area contributed by atoms with Crippen LogP contribution in [0.2, 0.25) is 0 Å². The predicted octanol–water partition coefficient (Wildman–Crippen LogP) is 3.86. The van der Waals surface area contributed by atoms with Crippen molar-refractivity contribution in [2.24, 2.45) is 0 Å². The van der Waals surface area contributed by atoms with Gasteiger partial charge in [0.1, 0.15) is 5.75 Å². The van der Waals surface area contributed by atoms with Crippen molar-refractivity contribution in [3.05, 3.63) is 56.1 Å². The molecule has 0 radical (unpaired) electrons. The molecule has 7 heteroatoms. The Balaban J connectivity index is 1.93. The van der Waals surface area contributed by atoms with Crippen molar-refractivity contribution in [3.8, 4) is 5.75 Å². The number of ether oxygens (including phenoxy) is 2. The number of nitrogens with one attached hydrogen (secondary N) is 1. The molecule has 0 aliphatic heterocycles. The number of hydrogen-bond donors (Lipinski definition) is 1. The molecule has 0 saturated carbocycles. The molecule has 1 N–H and O–H groups in total. The minimum absolute atomic E-state index is 0.137. The minimum atomic E-state index is -0.436. The van der Waals surface area contributed by atoms with E-state index in [-0.39, 0.29) is 12.5 Å². The lowest BCUT2D eigenvalue weighted by molar-refractivity contribution is -0.118. The lowest BCUT2D eigenvalue weighted by atomic mass is 10.2. The van der Waals surface area contributed by atoms with Crippen LogP contribution in [0.5, 0.6) is 5.75 Å². The number of hydrogen-bond acceptors (Lipinski definition) is 4. The van der Waals surface area contributed by atoms with Crippen LogP contribution in [0.15, 0.2) is 46.9 Å². The van der Waals surface area contributed by atoms with Gasteiger partial charge in [0.15, 0.2) is 6.61 Å². The Hall–Kier alpha value is -1.61. The Morgan fingerprint density at radius 2 is 1.87 bits per heavy atom. The Morgan fingerprint density at radius 1 is 1.17 bits per heavy atom. The van der Waals surface area contributed by atoms with Gasteiger partial charge in [-0.2, -0.15) is 0 Å². The third kappa shape index (κ3) is 5.21. The standard InChI is InChI=1S/C16H13BrINO4/c1-22-16(21)10-2-7-14(13(17)8-10)23-9-15(20)19-12-5-3-11(18)4-6-12/h2-8H,9H2,1H3,(H,19,20). The molecule has 0 aliphatic carbocycles. The van der Waals surface area contributed by atoms with Gasteiger partial charge < -0.3 is 14.8 Å². The van der Waals surface area contributed by atoms with Gasteiger partial charge in [0.25, 0.3) is 5.91 Å². The number of carbonyl (C=O) groups excluding carboxylic acids is 2. The molecule has 0 spiro atoms. The van der Waals surface area contributed by atoms with E-state index in [1.54, 1.807) is 18.2 Å². The van der Waals surface area contributed by atoms with E-state index in [0.29, 0.717) is 21.5 Å². The van der Waals surface area contributed by atoms with E-state index in [1.165, 1.54) is 7.11 Å². The van der Waals surface area contributed by atoms with Crippen LogP contribution in [0, 0.1) is 3.57 Å². The molecule has 23 heavy (non-hydrogen) atoms. The number of rotatable bonds is 5. The quantitative estimate of drug-likeness (QED) is 0.511. The van der Waals surface area contributed by atoms with Crippen molar-refractivity contribution < 1.29 is 19.1 Å². The highest BCUT2D eigenvalue weighted by Crippen LogP contribution is 2.26. The van der Waals surface area contributed by atoms with Crippen molar-refractivity contribution in [3.63, 3.8) is 0 Å². The number of esters is 1. The molecule has 0 bridgehead atoms. The average Bonchev–Trinajstić information content (AvgIpc) is 2.55. The zero-order valence-corrected chi connectivity index (χ0v) is 15.9. The number of anilines is 1. The summed E-state index contributed by atoms with van der Waals surface area (Å²) in [6.07, 6.45) is 0. The molecular formula is C16H13BrINO4. The first-order valence-corrected chi connectivity index (χ1v) is 8.43. The van der Waals surface area contributed by atoms with E-state index in [2.05, 4.69) is 48.6 Å². The van der Waals surface area contributed by atoms with Gasteiger partial charge in [-0.15, -0.1) is 0 Å². The molecule has 2 aromatic carbocycles. The van der Waals surface area contributed by atoms with E-state index in [0.717, 1.165) is 3.57 Å². The summed E-state index contributed by atoms with van der Waals surface area (Å²) in [6, 6.07) is 12.2. The molecule has 0 heterocycles. The second kappa shape index (κ2) is 8.30. The van der Waals surface area contributed by atoms with Crippen molar-refractivity contribution in [1.29, 1.82) is 0 Å². The van der Waals surface area contributed by atoms with Gasteiger partial charge >= 0.3 is 5.97 Å². The molecule has 0 fully saturated rings. The fraction of sp³-hybridized carbons (Fsp3) is 0.125. The summed E-state index contributed by atoms with van der Waals surface area (Å²) in [6.45, 7) is -0.137. The number of benzene rings is 2. The molecule has 0 atom stereocenters. The van der Waals surface area contributed by atoms with Crippen molar-refractivity contribution in [2.45, 2.75) is 0 Å². The van der Waals surface area contributed by atoms with E-state index in [4.69, 9.17) is 4.74 Å². The largest absolute Gasteiger partial charge is 0.483 e. The third-order valence-corrected chi connectivity index (χ3v) is 4.18. The normalized spacial score (nSPS) is 10.0. The maximum Gasteiger partial charge on any atom is 0.337 e.